The minimum Gasteiger partial charge on any atom is -0.415 e. The Morgan fingerprint density at radius 2 is 1.90 bits per heavy atom. The van der Waals surface area contributed by atoms with Crippen LogP contribution in [0.5, 0.6) is 0 Å². The molecule has 1 aliphatic heterocycles. The predicted molar refractivity (Wildman–Crippen MR) is 146 cm³/mol. The maximum absolute atomic E-state index is 14.1. The van der Waals surface area contributed by atoms with Crippen LogP contribution in [0.3, 0.4) is 0 Å². The normalized spacial score (nSPS) is 17.5. The van der Waals surface area contributed by atoms with Crippen molar-refractivity contribution in [1.82, 2.24) is 24.8 Å². The van der Waals surface area contributed by atoms with Crippen LogP contribution < -0.4 is 4.72 Å². The molecular weight excluding hydrogens is 652 g/mol. The van der Waals surface area contributed by atoms with E-state index in [4.69, 9.17) is 27.6 Å². The molecule has 3 heterocycles. The number of nitrogens with one attached hydrogen (secondary N) is 1. The van der Waals surface area contributed by atoms with Gasteiger partial charge in [-0.1, -0.05) is 36.2 Å². The molecule has 0 bridgehead atoms. The SMILES string of the molecule is CC[C@H](NS(=O)(=O)c1ccc(-c2sc(-c3nnc(C(C)(C)O)o3)nc2CN2CCCC(F)(F)C2)c(Cl)c1Cl)C(F)(F)F. The third-order valence-corrected chi connectivity index (χ3v) is 9.98. The topological polar surface area (TPSA) is 121 Å². The molecule has 42 heavy (non-hydrogen) atoms. The number of hydrogen-bond acceptors (Lipinski definition) is 9. The molecule has 1 fully saturated rings. The highest BCUT2D eigenvalue weighted by Crippen LogP contribution is 2.44. The van der Waals surface area contributed by atoms with Crippen LogP contribution in [-0.2, 0) is 22.2 Å². The molecule has 232 valence electrons. The summed E-state index contributed by atoms with van der Waals surface area (Å²) in [6.07, 6.45) is -5.39. The van der Waals surface area contributed by atoms with Crippen molar-refractivity contribution in [2.24, 2.45) is 0 Å². The first-order chi connectivity index (χ1) is 19.3. The van der Waals surface area contributed by atoms with E-state index >= 15 is 0 Å². The van der Waals surface area contributed by atoms with E-state index in [9.17, 15) is 35.5 Å². The molecular formula is C24H26Cl2F5N5O4S2. The highest BCUT2D eigenvalue weighted by Gasteiger charge is 2.42. The minimum absolute atomic E-state index is 0.0484. The maximum atomic E-state index is 14.1. The number of aliphatic hydroxyl groups is 1. The van der Waals surface area contributed by atoms with E-state index in [0.717, 1.165) is 17.4 Å². The number of rotatable bonds is 9. The van der Waals surface area contributed by atoms with Gasteiger partial charge in [0.25, 0.3) is 11.8 Å². The lowest BCUT2D eigenvalue weighted by Gasteiger charge is -2.32. The summed E-state index contributed by atoms with van der Waals surface area (Å²) in [5.74, 6) is -3.07. The van der Waals surface area contributed by atoms with Crippen molar-refractivity contribution in [3.05, 3.63) is 33.8 Å². The lowest BCUT2D eigenvalue weighted by atomic mass is 10.1. The molecule has 1 aromatic carbocycles. The molecule has 4 rings (SSSR count). The Labute approximate surface area is 252 Å². The number of benzene rings is 1. The van der Waals surface area contributed by atoms with Crippen LogP contribution in [-0.4, -0.2) is 64.8 Å². The Hall–Kier alpha value is -1.95. The summed E-state index contributed by atoms with van der Waals surface area (Å²) < 4.78 is 101. The van der Waals surface area contributed by atoms with Gasteiger partial charge in [-0.05, 0) is 39.3 Å². The largest absolute Gasteiger partial charge is 0.415 e. The number of thiazole rings is 1. The van der Waals surface area contributed by atoms with Crippen LogP contribution in [0.2, 0.25) is 10.0 Å². The van der Waals surface area contributed by atoms with Gasteiger partial charge in [0.2, 0.25) is 15.9 Å². The second kappa shape index (κ2) is 11.9. The number of piperidine rings is 1. The predicted octanol–water partition coefficient (Wildman–Crippen LogP) is 6.24. The monoisotopic (exact) mass is 677 g/mol. The standard InChI is InChI=1S/C24H26Cl2F5N5O4S2/c1-4-15(24(29,30)31)35-42(38,39)14-7-6-12(16(25)17(14)26)18-13(10-36-9-5-8-23(27,28)11-36)32-20(41-18)19-33-34-21(40-19)22(2,3)37/h6-7,15,35,37H,4-5,8-11H2,1-3H3/t15-/m0/s1. The Morgan fingerprint density at radius 3 is 2.48 bits per heavy atom. The van der Waals surface area contributed by atoms with Gasteiger partial charge < -0.3 is 9.52 Å². The second-order valence-electron chi connectivity index (χ2n) is 10.3. The average Bonchev–Trinajstić information content (AvgIpc) is 3.50. The van der Waals surface area contributed by atoms with Crippen LogP contribution in [0.15, 0.2) is 21.4 Å². The summed E-state index contributed by atoms with van der Waals surface area (Å²) in [7, 11) is -4.75. The maximum Gasteiger partial charge on any atom is 0.404 e. The van der Waals surface area contributed by atoms with Crippen molar-refractivity contribution < 1.29 is 39.9 Å². The number of hydrogen-bond donors (Lipinski definition) is 2. The molecule has 0 unspecified atom stereocenters. The number of nitrogens with zero attached hydrogens (tertiary/aromatic N) is 4. The second-order valence-corrected chi connectivity index (χ2v) is 13.7. The molecule has 1 aliphatic rings. The number of alkyl halides is 5. The zero-order chi connectivity index (χ0) is 31.3. The molecule has 0 spiro atoms. The highest BCUT2D eigenvalue weighted by atomic mass is 35.5. The Bertz CT molecular complexity index is 1560. The molecule has 1 saturated heterocycles. The first-order valence-electron chi connectivity index (χ1n) is 12.6. The van der Waals surface area contributed by atoms with Crippen molar-refractivity contribution in [2.75, 3.05) is 13.1 Å². The van der Waals surface area contributed by atoms with Crippen molar-refractivity contribution >= 4 is 44.6 Å². The van der Waals surface area contributed by atoms with Gasteiger partial charge in [-0.3, -0.25) is 4.90 Å². The number of likely N-dealkylation sites (tertiary alicyclic amines) is 1. The first-order valence-corrected chi connectivity index (χ1v) is 15.6. The van der Waals surface area contributed by atoms with Gasteiger partial charge in [0.1, 0.15) is 16.5 Å². The zero-order valence-corrected chi connectivity index (χ0v) is 25.5. The Kier molecular flexibility index (Phi) is 9.30. The number of halogens is 7. The fourth-order valence-electron chi connectivity index (χ4n) is 4.26. The molecule has 0 saturated carbocycles. The van der Waals surface area contributed by atoms with E-state index in [1.165, 1.54) is 31.7 Å². The van der Waals surface area contributed by atoms with Crippen LogP contribution in [0.1, 0.15) is 51.6 Å². The molecule has 2 N–H and O–H groups in total. The van der Waals surface area contributed by atoms with Gasteiger partial charge in [-0.25, -0.2) is 22.2 Å². The van der Waals surface area contributed by atoms with E-state index in [0.29, 0.717) is 11.4 Å². The van der Waals surface area contributed by atoms with E-state index in [1.807, 2.05) is 0 Å². The summed E-state index contributed by atoms with van der Waals surface area (Å²) in [6, 6.07) is -0.0933. The van der Waals surface area contributed by atoms with E-state index in [-0.39, 0.29) is 52.5 Å². The van der Waals surface area contributed by atoms with Gasteiger partial charge in [0.15, 0.2) is 5.01 Å². The van der Waals surface area contributed by atoms with Crippen LogP contribution in [0.25, 0.3) is 21.3 Å². The van der Waals surface area contributed by atoms with Crippen molar-refractivity contribution in [3.8, 4) is 21.3 Å². The summed E-state index contributed by atoms with van der Waals surface area (Å²) >= 11 is 13.8. The highest BCUT2D eigenvalue weighted by molar-refractivity contribution is 7.89. The van der Waals surface area contributed by atoms with Gasteiger partial charge >= 0.3 is 6.18 Å². The smallest absolute Gasteiger partial charge is 0.404 e. The van der Waals surface area contributed by atoms with Crippen molar-refractivity contribution in [1.29, 1.82) is 0 Å². The molecule has 1 atom stereocenters. The van der Waals surface area contributed by atoms with Gasteiger partial charge in [-0.2, -0.15) is 17.9 Å². The summed E-state index contributed by atoms with van der Waals surface area (Å²) in [6.45, 7) is 3.84. The molecule has 3 aromatic rings. The van der Waals surface area contributed by atoms with E-state index in [2.05, 4.69) is 15.2 Å². The third-order valence-electron chi connectivity index (χ3n) is 6.36. The summed E-state index contributed by atoms with van der Waals surface area (Å²) in [4.78, 5) is 5.65. The Morgan fingerprint density at radius 1 is 1.21 bits per heavy atom. The van der Waals surface area contributed by atoms with Crippen LogP contribution in [0.4, 0.5) is 22.0 Å². The Balaban J connectivity index is 1.77. The van der Waals surface area contributed by atoms with Crippen LogP contribution in [0, 0.1) is 0 Å². The molecule has 9 nitrogen and oxygen atoms in total. The van der Waals surface area contributed by atoms with Gasteiger partial charge in [-0.15, -0.1) is 21.5 Å². The zero-order valence-electron chi connectivity index (χ0n) is 22.4. The van der Waals surface area contributed by atoms with Gasteiger partial charge in [0, 0.05) is 18.5 Å². The quantitative estimate of drug-likeness (QED) is 0.255. The lowest BCUT2D eigenvalue weighted by Crippen LogP contribution is -2.44. The van der Waals surface area contributed by atoms with Crippen LogP contribution >= 0.6 is 34.5 Å². The van der Waals surface area contributed by atoms with Crippen molar-refractivity contribution in [2.45, 2.75) is 75.2 Å². The molecule has 2 aromatic heterocycles. The fourth-order valence-corrected chi connectivity index (χ4v) is 7.51. The van der Waals surface area contributed by atoms with E-state index < -0.39 is 56.6 Å². The minimum atomic E-state index is -4.84. The molecule has 0 radical (unpaired) electrons. The molecule has 0 aliphatic carbocycles. The first kappa shape index (κ1) is 33.0. The third kappa shape index (κ3) is 7.22. The molecule has 0 amide bonds. The van der Waals surface area contributed by atoms with Crippen molar-refractivity contribution in [3.63, 3.8) is 0 Å². The summed E-state index contributed by atoms with van der Waals surface area (Å²) in [5.41, 5.74) is -1.03. The lowest BCUT2D eigenvalue weighted by molar-refractivity contribution is -0.151. The van der Waals surface area contributed by atoms with Gasteiger partial charge in [0.05, 0.1) is 27.2 Å². The van der Waals surface area contributed by atoms with E-state index in [1.54, 1.807) is 4.72 Å². The summed E-state index contributed by atoms with van der Waals surface area (Å²) in [5, 5.41) is 17.2. The number of sulfonamides is 1. The fraction of sp³-hybridized carbons (Fsp3) is 0.542. The number of aromatic nitrogens is 3. The average molecular weight is 679 g/mol. The molecule has 18 heteroatoms.